The van der Waals surface area contributed by atoms with Gasteiger partial charge in [0.1, 0.15) is 5.82 Å². The molecule has 0 spiro atoms. The summed E-state index contributed by atoms with van der Waals surface area (Å²) in [4.78, 5) is 29.6. The van der Waals surface area contributed by atoms with E-state index in [4.69, 9.17) is 11.6 Å². The lowest BCUT2D eigenvalue weighted by atomic mass is 9.97. The highest BCUT2D eigenvalue weighted by atomic mass is 35.5. The van der Waals surface area contributed by atoms with Gasteiger partial charge < -0.3 is 15.5 Å². The van der Waals surface area contributed by atoms with Crippen molar-refractivity contribution in [2.75, 3.05) is 31.5 Å². The third kappa shape index (κ3) is 7.06. The average molecular weight is 435 g/mol. The molecule has 2 amide bonds. The monoisotopic (exact) mass is 434 g/mol. The fraction of sp³-hybridized carbons (Fsp3) is 0.632. The number of nitrogens with zero attached hydrogens (tertiary/aromatic N) is 2. The van der Waals surface area contributed by atoms with Crippen LogP contribution < -0.4 is 10.6 Å². The Balaban J connectivity index is 1.79. The van der Waals surface area contributed by atoms with E-state index in [0.29, 0.717) is 25.8 Å². The lowest BCUT2D eigenvalue weighted by Gasteiger charge is -2.33. The number of amides is 2. The molecule has 0 aromatic carbocycles. The molecule has 1 aliphatic heterocycles. The number of halogens is 4. The maximum Gasteiger partial charge on any atom is 0.417 e. The van der Waals surface area contributed by atoms with Crippen LogP contribution in [0.1, 0.15) is 38.7 Å². The van der Waals surface area contributed by atoms with E-state index in [-0.39, 0.29) is 47.5 Å². The molecule has 2 N–H and O–H groups in total. The average Bonchev–Trinajstić information content (AvgIpc) is 2.66. The summed E-state index contributed by atoms with van der Waals surface area (Å²) in [6.07, 6.45) is -1.81. The number of anilines is 1. The van der Waals surface area contributed by atoms with Crippen LogP contribution in [0.15, 0.2) is 12.3 Å². The highest BCUT2D eigenvalue weighted by Crippen LogP contribution is 2.32. The predicted molar refractivity (Wildman–Crippen MR) is 105 cm³/mol. The number of nitrogens with one attached hydrogen (secondary N) is 2. The summed E-state index contributed by atoms with van der Waals surface area (Å²) in [6, 6.07) is 0.805. The van der Waals surface area contributed by atoms with Crippen molar-refractivity contribution in [1.82, 2.24) is 15.2 Å². The van der Waals surface area contributed by atoms with Crippen LogP contribution in [0.3, 0.4) is 0 Å². The van der Waals surface area contributed by atoms with Crippen molar-refractivity contribution in [3.63, 3.8) is 0 Å². The van der Waals surface area contributed by atoms with Gasteiger partial charge in [0, 0.05) is 44.7 Å². The van der Waals surface area contributed by atoms with Crippen LogP contribution in [0.25, 0.3) is 0 Å². The fourth-order valence-corrected chi connectivity index (χ4v) is 3.31. The molecule has 10 heteroatoms. The van der Waals surface area contributed by atoms with Crippen molar-refractivity contribution in [3.8, 4) is 0 Å². The Bertz CT molecular complexity index is 728. The number of rotatable bonds is 7. The minimum absolute atomic E-state index is 0.00132. The summed E-state index contributed by atoms with van der Waals surface area (Å²) >= 11 is 5.85. The minimum atomic E-state index is -4.51. The molecule has 0 aliphatic carbocycles. The van der Waals surface area contributed by atoms with Crippen LogP contribution >= 0.6 is 11.6 Å². The smallest absolute Gasteiger partial charge is 0.368 e. The van der Waals surface area contributed by atoms with E-state index in [9.17, 15) is 22.8 Å². The quantitative estimate of drug-likeness (QED) is 0.688. The molecule has 162 valence electrons. The van der Waals surface area contributed by atoms with Gasteiger partial charge in [-0.15, -0.1) is 0 Å². The number of carbonyl (C=O) groups is 2. The molecule has 1 fully saturated rings. The normalized spacial score (nSPS) is 17.3. The van der Waals surface area contributed by atoms with E-state index < -0.39 is 11.7 Å². The largest absolute Gasteiger partial charge is 0.417 e. The lowest BCUT2D eigenvalue weighted by Crippen LogP contribution is -2.44. The van der Waals surface area contributed by atoms with Crippen LogP contribution in [-0.2, 0) is 15.8 Å². The van der Waals surface area contributed by atoms with E-state index >= 15 is 0 Å². The van der Waals surface area contributed by atoms with E-state index in [0.717, 1.165) is 18.9 Å². The number of aromatic nitrogens is 1. The number of alkyl halides is 3. The molecule has 2 heterocycles. The van der Waals surface area contributed by atoms with E-state index in [1.165, 1.54) is 0 Å². The third-order valence-electron chi connectivity index (χ3n) is 4.76. The molecule has 1 saturated heterocycles. The molecule has 1 unspecified atom stereocenters. The highest BCUT2D eigenvalue weighted by molar-refractivity contribution is 6.32. The van der Waals surface area contributed by atoms with Crippen molar-refractivity contribution in [1.29, 1.82) is 0 Å². The van der Waals surface area contributed by atoms with Gasteiger partial charge in [0.25, 0.3) is 0 Å². The Hall–Kier alpha value is -2.03. The van der Waals surface area contributed by atoms with Crippen LogP contribution in [0.2, 0.25) is 5.02 Å². The van der Waals surface area contributed by atoms with Crippen molar-refractivity contribution >= 4 is 29.2 Å². The van der Waals surface area contributed by atoms with Crippen LogP contribution in [0.5, 0.6) is 0 Å². The Labute approximate surface area is 173 Å². The van der Waals surface area contributed by atoms with Crippen LogP contribution in [0, 0.1) is 11.8 Å². The predicted octanol–water partition coefficient (Wildman–Crippen LogP) is 3.57. The van der Waals surface area contributed by atoms with Gasteiger partial charge in [-0.25, -0.2) is 4.98 Å². The third-order valence-corrected chi connectivity index (χ3v) is 5.05. The van der Waals surface area contributed by atoms with Crippen molar-refractivity contribution < 1.29 is 22.8 Å². The number of piperidine rings is 1. The maximum atomic E-state index is 12.6. The van der Waals surface area contributed by atoms with E-state index in [1.54, 1.807) is 4.90 Å². The second-order valence-corrected chi connectivity index (χ2v) is 7.88. The topological polar surface area (TPSA) is 74.3 Å². The van der Waals surface area contributed by atoms with Gasteiger partial charge in [0.05, 0.1) is 10.6 Å². The van der Waals surface area contributed by atoms with Crippen LogP contribution in [-0.4, -0.2) is 47.9 Å². The molecule has 0 saturated carbocycles. The van der Waals surface area contributed by atoms with Crippen LogP contribution in [0.4, 0.5) is 19.0 Å². The van der Waals surface area contributed by atoms with Gasteiger partial charge in [-0.2, -0.15) is 13.2 Å². The van der Waals surface area contributed by atoms with Crippen molar-refractivity contribution in [2.45, 2.75) is 39.3 Å². The molecule has 1 atom stereocenters. The molecule has 0 radical (unpaired) electrons. The molecule has 1 aliphatic rings. The molecular weight excluding hydrogens is 409 g/mol. The molecule has 6 nitrogen and oxygen atoms in total. The fourth-order valence-electron chi connectivity index (χ4n) is 3.08. The molecule has 2 rings (SSSR count). The molecule has 0 bridgehead atoms. The Morgan fingerprint density at radius 2 is 2.10 bits per heavy atom. The maximum absolute atomic E-state index is 12.6. The lowest BCUT2D eigenvalue weighted by molar-refractivity contribution is -0.138. The van der Waals surface area contributed by atoms with Gasteiger partial charge in [0.2, 0.25) is 11.8 Å². The summed E-state index contributed by atoms with van der Waals surface area (Å²) in [5.41, 5.74) is -0.923. The van der Waals surface area contributed by atoms with E-state index in [1.807, 2.05) is 13.8 Å². The van der Waals surface area contributed by atoms with Gasteiger partial charge in [0.15, 0.2) is 0 Å². The SMILES string of the molecule is CC(C)C(=O)NCC1CCCN(C(=O)CCNc2ncc(C(F)(F)F)cc2Cl)C1. The molecule has 1 aromatic heterocycles. The summed E-state index contributed by atoms with van der Waals surface area (Å²) in [5, 5.41) is 5.57. The van der Waals surface area contributed by atoms with Crippen molar-refractivity contribution in [2.24, 2.45) is 11.8 Å². The first kappa shape index (κ1) is 23.3. The zero-order valence-corrected chi connectivity index (χ0v) is 17.2. The second kappa shape index (κ2) is 10.1. The van der Waals surface area contributed by atoms with Gasteiger partial charge in [-0.05, 0) is 24.8 Å². The minimum Gasteiger partial charge on any atom is -0.368 e. The first-order valence-electron chi connectivity index (χ1n) is 9.60. The highest BCUT2D eigenvalue weighted by Gasteiger charge is 2.31. The Kier molecular flexibility index (Phi) is 8.13. The first-order valence-corrected chi connectivity index (χ1v) is 9.97. The molecule has 1 aromatic rings. The number of carbonyl (C=O) groups excluding carboxylic acids is 2. The van der Waals surface area contributed by atoms with Crippen molar-refractivity contribution in [3.05, 3.63) is 22.8 Å². The first-order chi connectivity index (χ1) is 13.6. The summed E-state index contributed by atoms with van der Waals surface area (Å²) in [7, 11) is 0. The summed E-state index contributed by atoms with van der Waals surface area (Å²) in [6.45, 7) is 5.66. The Morgan fingerprint density at radius 1 is 1.38 bits per heavy atom. The number of pyridine rings is 1. The zero-order valence-electron chi connectivity index (χ0n) is 16.5. The number of hydrogen-bond donors (Lipinski definition) is 2. The van der Waals surface area contributed by atoms with Gasteiger partial charge in [-0.1, -0.05) is 25.4 Å². The molecular formula is C19H26ClF3N4O2. The number of hydrogen-bond acceptors (Lipinski definition) is 4. The zero-order chi connectivity index (χ0) is 21.6. The van der Waals surface area contributed by atoms with Gasteiger partial charge >= 0.3 is 6.18 Å². The number of likely N-dealkylation sites (tertiary alicyclic amines) is 1. The second-order valence-electron chi connectivity index (χ2n) is 7.48. The Morgan fingerprint density at radius 3 is 2.72 bits per heavy atom. The van der Waals surface area contributed by atoms with Gasteiger partial charge in [-0.3, -0.25) is 9.59 Å². The summed E-state index contributed by atoms with van der Waals surface area (Å²) < 4.78 is 37.9. The molecule has 29 heavy (non-hydrogen) atoms. The van der Waals surface area contributed by atoms with E-state index in [2.05, 4.69) is 15.6 Å². The standard InChI is InChI=1S/C19H26ClF3N4O2/c1-12(2)18(29)26-9-13-4-3-7-27(11-13)16(28)5-6-24-17-15(20)8-14(10-25-17)19(21,22)23/h8,10,12-13H,3-7,9,11H2,1-2H3,(H,24,25)(H,26,29). The summed E-state index contributed by atoms with van der Waals surface area (Å²) in [5.74, 6) is 0.196.